The molecule has 0 spiro atoms. The van der Waals surface area contributed by atoms with E-state index < -0.39 is 6.10 Å². The first-order chi connectivity index (χ1) is 9.65. The number of pyridine rings is 1. The number of carbonyl (C=O) groups is 1. The molecule has 5 nitrogen and oxygen atoms in total. The van der Waals surface area contributed by atoms with Crippen LogP contribution in [0.4, 0.5) is 5.69 Å². The smallest absolute Gasteiger partial charge is 0.261 e. The van der Waals surface area contributed by atoms with Crippen molar-refractivity contribution in [3.8, 4) is 5.75 Å². The monoisotopic (exact) mass is 271 g/mol. The Bertz CT molecular complexity index is 572. The molecule has 1 heterocycles. The highest BCUT2D eigenvalue weighted by Crippen LogP contribution is 2.16. The third-order valence-electron chi connectivity index (χ3n) is 2.76. The topological polar surface area (TPSA) is 77.2 Å². The van der Waals surface area contributed by atoms with E-state index in [1.807, 2.05) is 12.1 Å². The summed E-state index contributed by atoms with van der Waals surface area (Å²) in [7, 11) is 0. The number of anilines is 1. The second kappa shape index (κ2) is 6.56. The van der Waals surface area contributed by atoms with Gasteiger partial charge in [-0.2, -0.15) is 0 Å². The maximum Gasteiger partial charge on any atom is 0.261 e. The minimum absolute atomic E-state index is 0.177. The lowest BCUT2D eigenvalue weighted by Gasteiger charge is -2.15. The molecule has 0 bridgehead atoms. The lowest BCUT2D eigenvalue weighted by Crippen LogP contribution is -2.35. The first-order valence-electron chi connectivity index (χ1n) is 6.34. The summed E-state index contributed by atoms with van der Waals surface area (Å²) < 4.78 is 5.54. The Hall–Kier alpha value is -2.56. The molecule has 1 aromatic heterocycles. The van der Waals surface area contributed by atoms with Gasteiger partial charge in [-0.1, -0.05) is 6.07 Å². The average Bonchev–Trinajstić information content (AvgIpc) is 2.46. The van der Waals surface area contributed by atoms with Gasteiger partial charge in [-0.15, -0.1) is 0 Å². The molecule has 1 amide bonds. The highest BCUT2D eigenvalue weighted by molar-refractivity contribution is 5.80. The van der Waals surface area contributed by atoms with E-state index in [9.17, 15) is 4.79 Å². The van der Waals surface area contributed by atoms with Gasteiger partial charge in [0.15, 0.2) is 6.10 Å². The third-order valence-corrected chi connectivity index (χ3v) is 2.76. The number of hydrogen-bond acceptors (Lipinski definition) is 4. The van der Waals surface area contributed by atoms with E-state index in [0.717, 1.165) is 5.56 Å². The lowest BCUT2D eigenvalue weighted by atomic mass is 10.2. The van der Waals surface area contributed by atoms with Crippen LogP contribution in [0.1, 0.15) is 12.5 Å². The lowest BCUT2D eigenvalue weighted by molar-refractivity contribution is -0.127. The summed E-state index contributed by atoms with van der Waals surface area (Å²) in [5.41, 5.74) is 7.25. The Morgan fingerprint density at radius 1 is 1.35 bits per heavy atom. The van der Waals surface area contributed by atoms with Gasteiger partial charge in [0, 0.05) is 30.7 Å². The molecule has 2 aromatic rings. The first-order valence-corrected chi connectivity index (χ1v) is 6.34. The van der Waals surface area contributed by atoms with Crippen LogP contribution >= 0.6 is 0 Å². The van der Waals surface area contributed by atoms with Gasteiger partial charge >= 0.3 is 0 Å². The molecule has 1 aromatic carbocycles. The van der Waals surface area contributed by atoms with Crippen molar-refractivity contribution in [1.82, 2.24) is 10.3 Å². The minimum Gasteiger partial charge on any atom is -0.481 e. The fraction of sp³-hybridized carbons (Fsp3) is 0.200. The molecule has 20 heavy (non-hydrogen) atoms. The normalized spacial score (nSPS) is 11.7. The molecule has 0 saturated heterocycles. The number of ether oxygens (including phenoxy) is 1. The zero-order valence-electron chi connectivity index (χ0n) is 11.2. The van der Waals surface area contributed by atoms with Gasteiger partial charge in [-0.05, 0) is 36.8 Å². The number of nitrogen functional groups attached to an aromatic ring is 1. The zero-order valence-corrected chi connectivity index (χ0v) is 11.2. The summed E-state index contributed by atoms with van der Waals surface area (Å²) in [6.45, 7) is 2.15. The summed E-state index contributed by atoms with van der Waals surface area (Å²) in [5.74, 6) is 0.404. The number of nitrogens with one attached hydrogen (secondary N) is 1. The predicted octanol–water partition coefficient (Wildman–Crippen LogP) is 1.75. The van der Waals surface area contributed by atoms with Gasteiger partial charge in [0.05, 0.1) is 0 Å². The van der Waals surface area contributed by atoms with Crippen molar-refractivity contribution in [3.05, 3.63) is 54.4 Å². The van der Waals surface area contributed by atoms with Crippen molar-refractivity contribution in [3.63, 3.8) is 0 Å². The van der Waals surface area contributed by atoms with Crippen LogP contribution in [0, 0.1) is 0 Å². The van der Waals surface area contributed by atoms with Crippen molar-refractivity contribution >= 4 is 11.6 Å². The molecule has 0 unspecified atom stereocenters. The fourth-order valence-electron chi connectivity index (χ4n) is 1.68. The van der Waals surface area contributed by atoms with E-state index >= 15 is 0 Å². The number of aromatic nitrogens is 1. The van der Waals surface area contributed by atoms with Gasteiger partial charge in [-0.25, -0.2) is 0 Å². The molecule has 1 atom stereocenters. The number of nitrogens with two attached hydrogens (primary N) is 1. The van der Waals surface area contributed by atoms with Crippen LogP contribution < -0.4 is 15.8 Å². The average molecular weight is 271 g/mol. The van der Waals surface area contributed by atoms with Gasteiger partial charge < -0.3 is 15.8 Å². The first kappa shape index (κ1) is 13.9. The molecule has 5 heteroatoms. The van der Waals surface area contributed by atoms with Gasteiger partial charge in [0.1, 0.15) is 5.75 Å². The largest absolute Gasteiger partial charge is 0.481 e. The third kappa shape index (κ3) is 3.98. The van der Waals surface area contributed by atoms with E-state index in [4.69, 9.17) is 10.5 Å². The van der Waals surface area contributed by atoms with E-state index in [2.05, 4.69) is 10.3 Å². The predicted molar refractivity (Wildman–Crippen MR) is 77.0 cm³/mol. The fourth-order valence-corrected chi connectivity index (χ4v) is 1.68. The molecule has 0 radical (unpaired) electrons. The molecule has 0 aliphatic carbocycles. The number of amides is 1. The van der Waals surface area contributed by atoms with Crippen molar-refractivity contribution in [2.75, 3.05) is 5.73 Å². The number of nitrogens with zero attached hydrogens (tertiary/aromatic N) is 1. The molecule has 2 rings (SSSR count). The molecule has 104 valence electrons. The Labute approximate surface area is 117 Å². The van der Waals surface area contributed by atoms with E-state index in [-0.39, 0.29) is 5.91 Å². The molecular weight excluding hydrogens is 254 g/mol. The van der Waals surface area contributed by atoms with Gasteiger partial charge in [0.25, 0.3) is 5.91 Å². The summed E-state index contributed by atoms with van der Waals surface area (Å²) >= 11 is 0. The summed E-state index contributed by atoms with van der Waals surface area (Å²) in [6, 6.07) is 10.7. The van der Waals surface area contributed by atoms with Crippen molar-refractivity contribution in [2.45, 2.75) is 19.6 Å². The summed E-state index contributed by atoms with van der Waals surface area (Å²) in [6.07, 6.45) is 2.79. The number of carbonyl (C=O) groups excluding carboxylic acids is 1. The molecule has 0 saturated carbocycles. The van der Waals surface area contributed by atoms with Crippen molar-refractivity contribution in [2.24, 2.45) is 0 Å². The summed E-state index contributed by atoms with van der Waals surface area (Å²) in [4.78, 5) is 15.8. The van der Waals surface area contributed by atoms with E-state index in [1.165, 1.54) is 0 Å². The maximum absolute atomic E-state index is 11.9. The van der Waals surface area contributed by atoms with Crippen molar-refractivity contribution in [1.29, 1.82) is 0 Å². The van der Waals surface area contributed by atoms with Crippen LogP contribution in [-0.4, -0.2) is 17.0 Å². The standard InChI is InChI=1S/C15H17N3O2/c1-11(20-14-4-2-3-13(16)9-14)15(19)18-10-12-5-7-17-8-6-12/h2-9,11H,10,16H2,1H3,(H,18,19)/t11-/m0/s1. The second-order valence-electron chi connectivity index (χ2n) is 4.41. The van der Waals surface area contributed by atoms with E-state index in [1.54, 1.807) is 43.6 Å². The van der Waals surface area contributed by atoms with Crippen LogP contribution in [-0.2, 0) is 11.3 Å². The maximum atomic E-state index is 11.9. The molecule has 0 aliphatic rings. The molecule has 3 N–H and O–H groups in total. The van der Waals surface area contributed by atoms with Crippen LogP contribution in [0.5, 0.6) is 5.75 Å². The van der Waals surface area contributed by atoms with Crippen molar-refractivity contribution < 1.29 is 9.53 Å². The Morgan fingerprint density at radius 3 is 2.80 bits per heavy atom. The van der Waals surface area contributed by atoms with Crippen LogP contribution in [0.3, 0.4) is 0 Å². The molecule has 0 fully saturated rings. The number of hydrogen-bond donors (Lipinski definition) is 2. The highest BCUT2D eigenvalue weighted by Gasteiger charge is 2.14. The highest BCUT2D eigenvalue weighted by atomic mass is 16.5. The minimum atomic E-state index is -0.585. The number of benzene rings is 1. The van der Waals surface area contributed by atoms with Crippen LogP contribution in [0.2, 0.25) is 0 Å². The molecular formula is C15H17N3O2. The SMILES string of the molecule is C[C@H](Oc1cccc(N)c1)C(=O)NCc1ccncc1. The number of rotatable bonds is 5. The second-order valence-corrected chi connectivity index (χ2v) is 4.41. The molecule has 0 aliphatic heterocycles. The Kier molecular flexibility index (Phi) is 4.55. The van der Waals surface area contributed by atoms with Gasteiger partial charge in [0.2, 0.25) is 0 Å². The Morgan fingerprint density at radius 2 is 2.10 bits per heavy atom. The van der Waals surface area contributed by atoms with E-state index in [0.29, 0.717) is 18.0 Å². The summed E-state index contributed by atoms with van der Waals surface area (Å²) in [5, 5.41) is 2.81. The van der Waals surface area contributed by atoms with Gasteiger partial charge in [-0.3, -0.25) is 9.78 Å². The zero-order chi connectivity index (χ0) is 14.4. The quantitative estimate of drug-likeness (QED) is 0.812. The Balaban J connectivity index is 1.86. The van der Waals surface area contributed by atoms with Crippen LogP contribution in [0.25, 0.3) is 0 Å². The van der Waals surface area contributed by atoms with Crippen LogP contribution in [0.15, 0.2) is 48.8 Å².